The van der Waals surface area contributed by atoms with E-state index in [1.807, 2.05) is 37.3 Å². The maximum Gasteiger partial charge on any atom is 0.302 e. The number of hydrogen-bond donors (Lipinski definition) is 5. The van der Waals surface area contributed by atoms with Crippen molar-refractivity contribution in [2.75, 3.05) is 0 Å². The fraction of sp³-hybridized carbons (Fsp3) is 0.700. The standard InChI is InChI=1S/C30H39NO9/c1-13-11-17-19(23(35)30(13,38)14(2)32)25(39-15(3)33)29-20(21(17)34)24(36)28(5)27(4,40-28)22(29)18(31-26(29)37)12-16-9-7-6-8-10-16/h6-10,13,17-25,34-36,38H,11-12H2,1-5H3,(H,31,37)/t13-,17+,18-,19-,20-,21-,22+,23+,24-,25+,27+,28-,29-,30+/m0/s1. The predicted octanol–water partition coefficient (Wildman–Crippen LogP) is 0.128. The highest BCUT2D eigenvalue weighted by molar-refractivity contribution is 5.90. The Morgan fingerprint density at radius 2 is 1.73 bits per heavy atom. The lowest BCUT2D eigenvalue weighted by atomic mass is 9.41. The van der Waals surface area contributed by atoms with Crippen LogP contribution in [0.2, 0.25) is 0 Å². The number of Topliss-reactive ketones (excluding diaryl/α,β-unsaturated/α-hetero) is 1. The number of aliphatic hydroxyl groups is 4. The molecule has 1 aromatic carbocycles. The number of ketones is 1. The molecule has 6 rings (SSSR count). The van der Waals surface area contributed by atoms with E-state index in [1.54, 1.807) is 13.8 Å². The van der Waals surface area contributed by atoms with Gasteiger partial charge in [0.15, 0.2) is 11.4 Å². The summed E-state index contributed by atoms with van der Waals surface area (Å²) in [5, 5.41) is 50.2. The van der Waals surface area contributed by atoms with Crippen molar-refractivity contribution < 1.29 is 44.3 Å². The molecule has 10 heteroatoms. The van der Waals surface area contributed by atoms with Crippen LogP contribution in [0.4, 0.5) is 0 Å². The molecule has 0 radical (unpaired) electrons. The predicted molar refractivity (Wildman–Crippen MR) is 139 cm³/mol. The van der Waals surface area contributed by atoms with Crippen molar-refractivity contribution in [2.24, 2.45) is 35.0 Å². The maximum atomic E-state index is 14.4. The third-order valence-corrected chi connectivity index (χ3v) is 11.5. The van der Waals surface area contributed by atoms with Gasteiger partial charge in [-0.25, -0.2) is 0 Å². The van der Waals surface area contributed by atoms with E-state index in [-0.39, 0.29) is 6.42 Å². The number of nitrogens with one attached hydrogen (secondary N) is 1. The summed E-state index contributed by atoms with van der Waals surface area (Å²) in [6, 6.07) is 9.06. The average molecular weight is 558 g/mol. The molecule has 1 aromatic rings. The van der Waals surface area contributed by atoms with Crippen molar-refractivity contribution in [2.45, 2.75) is 94.7 Å². The summed E-state index contributed by atoms with van der Waals surface area (Å²) in [5.74, 6) is -6.30. The second kappa shape index (κ2) is 8.58. The van der Waals surface area contributed by atoms with Crippen LogP contribution in [-0.4, -0.2) is 85.3 Å². The molecule has 2 saturated heterocycles. The number of hydrogen-bond acceptors (Lipinski definition) is 9. The number of fused-ring (bicyclic) bond motifs is 3. The Kier molecular flexibility index (Phi) is 5.96. The van der Waals surface area contributed by atoms with Gasteiger partial charge in [0, 0.05) is 30.7 Å². The fourth-order valence-electron chi connectivity index (χ4n) is 9.61. The van der Waals surface area contributed by atoms with E-state index in [0.29, 0.717) is 6.42 Å². The molecule has 0 unspecified atom stereocenters. The van der Waals surface area contributed by atoms with E-state index >= 15 is 0 Å². The second-order valence-corrected chi connectivity index (χ2v) is 13.2. The summed E-state index contributed by atoms with van der Waals surface area (Å²) >= 11 is 0. The van der Waals surface area contributed by atoms with Gasteiger partial charge in [0.25, 0.3) is 0 Å². The quantitative estimate of drug-likeness (QED) is 0.255. The number of carbonyl (C=O) groups excluding carboxylic acids is 3. The summed E-state index contributed by atoms with van der Waals surface area (Å²) in [5.41, 5.74) is -5.01. The molecule has 5 fully saturated rings. The Morgan fingerprint density at radius 3 is 2.33 bits per heavy atom. The van der Waals surface area contributed by atoms with Crippen molar-refractivity contribution >= 4 is 17.7 Å². The Balaban J connectivity index is 1.57. The molecule has 3 saturated carbocycles. The highest BCUT2D eigenvalue weighted by Crippen LogP contribution is 2.74. The average Bonchev–Trinajstić information content (AvgIpc) is 3.35. The van der Waals surface area contributed by atoms with Crippen LogP contribution in [0.5, 0.6) is 0 Å². The smallest absolute Gasteiger partial charge is 0.302 e. The third kappa shape index (κ3) is 3.14. The molecule has 1 spiro atoms. The minimum absolute atomic E-state index is 0.116. The van der Waals surface area contributed by atoms with E-state index in [4.69, 9.17) is 9.47 Å². The topological polar surface area (TPSA) is 166 Å². The van der Waals surface area contributed by atoms with Gasteiger partial charge in [0.05, 0.1) is 18.3 Å². The van der Waals surface area contributed by atoms with Gasteiger partial charge >= 0.3 is 5.97 Å². The van der Waals surface area contributed by atoms with Gasteiger partial charge in [-0.2, -0.15) is 0 Å². The lowest BCUT2D eigenvalue weighted by Crippen LogP contribution is -2.78. The van der Waals surface area contributed by atoms with Crippen molar-refractivity contribution in [3.05, 3.63) is 35.9 Å². The van der Waals surface area contributed by atoms with E-state index in [1.165, 1.54) is 13.8 Å². The minimum Gasteiger partial charge on any atom is -0.461 e. The number of carbonyl (C=O) groups is 3. The monoisotopic (exact) mass is 557 g/mol. The molecule has 10 nitrogen and oxygen atoms in total. The van der Waals surface area contributed by atoms with Crippen molar-refractivity contribution in [1.29, 1.82) is 0 Å². The molecule has 1 amide bonds. The first kappa shape index (κ1) is 27.8. The zero-order valence-corrected chi connectivity index (χ0v) is 23.4. The fourth-order valence-corrected chi connectivity index (χ4v) is 9.61. The van der Waals surface area contributed by atoms with Crippen LogP contribution in [0.3, 0.4) is 0 Å². The number of epoxide rings is 1. The third-order valence-electron chi connectivity index (χ3n) is 11.5. The lowest BCUT2D eigenvalue weighted by molar-refractivity contribution is -0.278. The van der Waals surface area contributed by atoms with Gasteiger partial charge in [-0.15, -0.1) is 0 Å². The minimum atomic E-state index is -2.17. The van der Waals surface area contributed by atoms with Crippen LogP contribution in [0.15, 0.2) is 30.3 Å². The first-order valence-electron chi connectivity index (χ1n) is 14.2. The van der Waals surface area contributed by atoms with Crippen LogP contribution >= 0.6 is 0 Å². The molecule has 40 heavy (non-hydrogen) atoms. The molecule has 5 aliphatic rings. The molecular formula is C30H39NO9. The van der Waals surface area contributed by atoms with Gasteiger partial charge in [0.1, 0.15) is 22.7 Å². The van der Waals surface area contributed by atoms with Gasteiger partial charge in [-0.3, -0.25) is 14.4 Å². The largest absolute Gasteiger partial charge is 0.461 e. The molecule has 2 aliphatic heterocycles. The summed E-state index contributed by atoms with van der Waals surface area (Å²) < 4.78 is 12.3. The van der Waals surface area contributed by atoms with Gasteiger partial charge in [0.2, 0.25) is 5.91 Å². The zero-order valence-electron chi connectivity index (χ0n) is 23.4. The SMILES string of the molecule is CC(=O)O[C@@H]1[C@H]2[C@@H](C[C@H](C)[C@@](O)(C(C)=O)[C@@H]2O)[C@H](O)[C@H]2[C@H](O)[C@]3(C)O[C@]3(C)[C@H]3[C@H](Cc4ccccc4)NC(=O)[C@]213. The molecule has 0 bridgehead atoms. The zero-order chi connectivity index (χ0) is 29.2. The van der Waals surface area contributed by atoms with Crippen LogP contribution < -0.4 is 5.32 Å². The number of rotatable bonds is 4. The molecule has 5 N–H and O–H groups in total. The summed E-state index contributed by atoms with van der Waals surface area (Å²) in [6.45, 7) is 7.61. The lowest BCUT2D eigenvalue weighted by Gasteiger charge is -2.64. The van der Waals surface area contributed by atoms with Crippen LogP contribution in [0, 0.1) is 35.0 Å². The molecular weight excluding hydrogens is 518 g/mol. The molecule has 14 atom stereocenters. The Labute approximate surface area is 233 Å². The first-order chi connectivity index (χ1) is 18.7. The van der Waals surface area contributed by atoms with Gasteiger partial charge < -0.3 is 35.2 Å². The first-order valence-corrected chi connectivity index (χ1v) is 14.2. The number of aliphatic hydroxyl groups excluding tert-OH is 3. The van der Waals surface area contributed by atoms with E-state index in [9.17, 15) is 34.8 Å². The highest BCUT2D eigenvalue weighted by atomic mass is 16.6. The van der Waals surface area contributed by atoms with Crippen LogP contribution in [0.1, 0.15) is 46.6 Å². The van der Waals surface area contributed by atoms with Gasteiger partial charge in [-0.1, -0.05) is 37.3 Å². The summed E-state index contributed by atoms with van der Waals surface area (Å²) in [7, 11) is 0. The number of ether oxygens (including phenoxy) is 2. The van der Waals surface area contributed by atoms with Crippen LogP contribution in [-0.2, 0) is 30.3 Å². The normalized spacial score (nSPS) is 52.4. The maximum absolute atomic E-state index is 14.4. The molecule has 3 aliphatic carbocycles. The summed E-state index contributed by atoms with van der Waals surface area (Å²) in [6.07, 6.45) is -5.13. The van der Waals surface area contributed by atoms with Crippen molar-refractivity contribution in [3.8, 4) is 0 Å². The Morgan fingerprint density at radius 1 is 1.07 bits per heavy atom. The van der Waals surface area contributed by atoms with Crippen molar-refractivity contribution in [3.63, 3.8) is 0 Å². The number of amides is 1. The molecule has 0 aromatic heterocycles. The molecule has 218 valence electrons. The summed E-state index contributed by atoms with van der Waals surface area (Å²) in [4.78, 5) is 39.8. The Hall–Kier alpha value is -2.37. The van der Waals surface area contributed by atoms with E-state index in [0.717, 1.165) is 5.56 Å². The van der Waals surface area contributed by atoms with Gasteiger partial charge in [-0.05, 0) is 51.0 Å². The number of benzene rings is 1. The highest BCUT2D eigenvalue weighted by Gasteiger charge is 2.89. The van der Waals surface area contributed by atoms with Crippen LogP contribution in [0.25, 0.3) is 0 Å². The second-order valence-electron chi connectivity index (χ2n) is 13.2. The number of esters is 1. The van der Waals surface area contributed by atoms with E-state index < -0.39 is 99.9 Å². The van der Waals surface area contributed by atoms with E-state index in [2.05, 4.69) is 5.32 Å². The Bertz CT molecular complexity index is 1260. The molecule has 2 heterocycles. The van der Waals surface area contributed by atoms with Crippen molar-refractivity contribution in [1.82, 2.24) is 5.32 Å².